The molecule has 1 unspecified atom stereocenters. The summed E-state index contributed by atoms with van der Waals surface area (Å²) in [5.41, 5.74) is 2.68. The summed E-state index contributed by atoms with van der Waals surface area (Å²) in [6.45, 7) is 8.92. The van der Waals surface area contributed by atoms with Gasteiger partial charge in [0.05, 0.1) is 6.04 Å². The second-order valence-corrected chi connectivity index (χ2v) is 6.74. The molecule has 0 fully saturated rings. The SMILES string of the molecule is CCC1CSC(Nc2ccccc2C(C)(C)C)=N1. The van der Waals surface area contributed by atoms with Gasteiger partial charge in [0.15, 0.2) is 5.17 Å². The van der Waals surface area contributed by atoms with Crippen LogP contribution in [-0.2, 0) is 5.41 Å². The van der Waals surface area contributed by atoms with Crippen LogP contribution in [0, 0.1) is 0 Å². The third kappa shape index (κ3) is 3.08. The van der Waals surface area contributed by atoms with Crippen LogP contribution >= 0.6 is 11.8 Å². The zero-order valence-electron chi connectivity index (χ0n) is 11.7. The molecule has 18 heavy (non-hydrogen) atoms. The predicted molar refractivity (Wildman–Crippen MR) is 82.7 cm³/mol. The van der Waals surface area contributed by atoms with E-state index in [-0.39, 0.29) is 5.41 Å². The summed E-state index contributed by atoms with van der Waals surface area (Å²) < 4.78 is 0. The first-order valence-electron chi connectivity index (χ1n) is 6.58. The number of nitrogens with zero attached hydrogens (tertiary/aromatic N) is 1. The molecular formula is C15H22N2S. The molecule has 2 nitrogen and oxygen atoms in total. The number of amidine groups is 1. The molecule has 1 heterocycles. The minimum absolute atomic E-state index is 0.150. The molecular weight excluding hydrogens is 240 g/mol. The number of benzene rings is 1. The highest BCUT2D eigenvalue weighted by atomic mass is 32.2. The summed E-state index contributed by atoms with van der Waals surface area (Å²) in [6.07, 6.45) is 1.12. The van der Waals surface area contributed by atoms with Crippen molar-refractivity contribution in [2.45, 2.75) is 45.6 Å². The number of hydrogen-bond donors (Lipinski definition) is 1. The van der Waals surface area contributed by atoms with Crippen molar-refractivity contribution in [2.75, 3.05) is 11.1 Å². The quantitative estimate of drug-likeness (QED) is 0.860. The van der Waals surface area contributed by atoms with E-state index in [4.69, 9.17) is 4.99 Å². The molecule has 0 radical (unpaired) electrons. The second kappa shape index (κ2) is 5.35. The zero-order valence-corrected chi connectivity index (χ0v) is 12.5. The maximum atomic E-state index is 4.69. The molecule has 0 saturated heterocycles. The molecule has 3 heteroatoms. The van der Waals surface area contributed by atoms with Crippen molar-refractivity contribution in [2.24, 2.45) is 4.99 Å². The molecule has 1 aromatic rings. The summed E-state index contributed by atoms with van der Waals surface area (Å²) >= 11 is 1.83. The number of anilines is 1. The van der Waals surface area contributed by atoms with Crippen molar-refractivity contribution in [1.29, 1.82) is 0 Å². The smallest absolute Gasteiger partial charge is 0.161 e. The Kier molecular flexibility index (Phi) is 4.00. The van der Waals surface area contributed by atoms with Gasteiger partial charge in [-0.1, -0.05) is 57.7 Å². The summed E-state index contributed by atoms with van der Waals surface area (Å²) in [5, 5.41) is 4.56. The minimum Gasteiger partial charge on any atom is -0.335 e. The molecule has 0 spiro atoms. The van der Waals surface area contributed by atoms with Gasteiger partial charge in [0.2, 0.25) is 0 Å². The molecule has 98 valence electrons. The normalized spacial score (nSPS) is 19.8. The summed E-state index contributed by atoms with van der Waals surface area (Å²) in [4.78, 5) is 4.69. The van der Waals surface area contributed by atoms with E-state index < -0.39 is 0 Å². The van der Waals surface area contributed by atoms with Crippen LogP contribution in [0.5, 0.6) is 0 Å². The lowest BCUT2D eigenvalue weighted by molar-refractivity contribution is 0.592. The van der Waals surface area contributed by atoms with Crippen LogP contribution in [0.25, 0.3) is 0 Å². The van der Waals surface area contributed by atoms with Crippen LogP contribution in [0.1, 0.15) is 39.7 Å². The van der Waals surface area contributed by atoms with Crippen molar-refractivity contribution in [3.63, 3.8) is 0 Å². The molecule has 1 aromatic carbocycles. The molecule has 1 atom stereocenters. The van der Waals surface area contributed by atoms with Crippen LogP contribution in [-0.4, -0.2) is 17.0 Å². The Bertz CT molecular complexity index is 446. The van der Waals surface area contributed by atoms with Gasteiger partial charge in [0.25, 0.3) is 0 Å². The molecule has 0 saturated carbocycles. The van der Waals surface area contributed by atoms with Gasteiger partial charge >= 0.3 is 0 Å². The number of para-hydroxylation sites is 1. The van der Waals surface area contributed by atoms with Crippen molar-refractivity contribution in [3.05, 3.63) is 29.8 Å². The van der Waals surface area contributed by atoms with Gasteiger partial charge in [0.1, 0.15) is 0 Å². The van der Waals surface area contributed by atoms with Crippen LogP contribution in [0.2, 0.25) is 0 Å². The summed E-state index contributed by atoms with van der Waals surface area (Å²) in [5.74, 6) is 1.11. The third-order valence-corrected chi connectivity index (χ3v) is 4.19. The Labute approximate surface area is 114 Å². The maximum Gasteiger partial charge on any atom is 0.161 e. The molecule has 2 rings (SSSR count). The molecule has 0 aliphatic carbocycles. The largest absolute Gasteiger partial charge is 0.335 e. The van der Waals surface area contributed by atoms with Crippen LogP contribution in [0.3, 0.4) is 0 Å². The van der Waals surface area contributed by atoms with Gasteiger partial charge in [0, 0.05) is 11.4 Å². The molecule has 1 aliphatic rings. The Hall–Kier alpha value is -0.960. The van der Waals surface area contributed by atoms with Gasteiger partial charge in [-0.25, -0.2) is 0 Å². The predicted octanol–water partition coefficient (Wildman–Crippen LogP) is 4.28. The van der Waals surface area contributed by atoms with E-state index in [0.29, 0.717) is 6.04 Å². The highest BCUT2D eigenvalue weighted by molar-refractivity contribution is 8.14. The molecule has 1 aliphatic heterocycles. The average Bonchev–Trinajstić information content (AvgIpc) is 2.76. The van der Waals surface area contributed by atoms with Crippen LogP contribution in [0.4, 0.5) is 5.69 Å². The Morgan fingerprint density at radius 1 is 1.33 bits per heavy atom. The lowest BCUT2D eigenvalue weighted by Crippen LogP contribution is -2.16. The van der Waals surface area contributed by atoms with E-state index in [0.717, 1.165) is 17.3 Å². The number of nitrogens with one attached hydrogen (secondary N) is 1. The fraction of sp³-hybridized carbons (Fsp3) is 0.533. The Morgan fingerprint density at radius 2 is 2.06 bits per heavy atom. The molecule has 0 amide bonds. The van der Waals surface area contributed by atoms with E-state index in [1.807, 2.05) is 11.8 Å². The van der Waals surface area contributed by atoms with Gasteiger partial charge < -0.3 is 5.32 Å². The van der Waals surface area contributed by atoms with Gasteiger partial charge in [-0.3, -0.25) is 4.99 Å². The van der Waals surface area contributed by atoms with Crippen LogP contribution < -0.4 is 5.32 Å². The van der Waals surface area contributed by atoms with Crippen LogP contribution in [0.15, 0.2) is 29.3 Å². The maximum absolute atomic E-state index is 4.69. The van der Waals surface area contributed by atoms with Gasteiger partial charge in [-0.05, 0) is 23.5 Å². The lowest BCUT2D eigenvalue weighted by atomic mass is 9.86. The number of thioether (sulfide) groups is 1. The van der Waals surface area contributed by atoms with E-state index in [2.05, 4.69) is 57.3 Å². The van der Waals surface area contributed by atoms with Crippen molar-refractivity contribution in [1.82, 2.24) is 0 Å². The van der Waals surface area contributed by atoms with E-state index in [1.165, 1.54) is 11.3 Å². The summed E-state index contributed by atoms with van der Waals surface area (Å²) in [7, 11) is 0. The number of hydrogen-bond acceptors (Lipinski definition) is 3. The monoisotopic (exact) mass is 262 g/mol. The Balaban J connectivity index is 2.20. The Morgan fingerprint density at radius 3 is 2.67 bits per heavy atom. The first-order chi connectivity index (χ1) is 8.50. The highest BCUT2D eigenvalue weighted by Gasteiger charge is 2.21. The standard InChI is InChI=1S/C15H22N2S/c1-5-11-10-18-14(16-11)17-13-9-7-6-8-12(13)15(2,3)4/h6-9,11H,5,10H2,1-4H3,(H,16,17). The van der Waals surface area contributed by atoms with Gasteiger partial charge in [-0.15, -0.1) is 0 Å². The fourth-order valence-corrected chi connectivity index (χ4v) is 3.12. The van der Waals surface area contributed by atoms with Crippen molar-refractivity contribution >= 4 is 22.6 Å². The molecule has 0 bridgehead atoms. The molecule has 0 aromatic heterocycles. The van der Waals surface area contributed by atoms with Crippen molar-refractivity contribution in [3.8, 4) is 0 Å². The average molecular weight is 262 g/mol. The number of rotatable bonds is 2. The van der Waals surface area contributed by atoms with E-state index in [9.17, 15) is 0 Å². The first kappa shape index (κ1) is 13.5. The second-order valence-electron chi connectivity index (χ2n) is 5.73. The fourth-order valence-electron chi connectivity index (χ4n) is 2.05. The number of aliphatic imine (C=N–C) groups is 1. The minimum atomic E-state index is 0.150. The zero-order chi connectivity index (χ0) is 13.2. The van der Waals surface area contributed by atoms with E-state index in [1.54, 1.807) is 0 Å². The lowest BCUT2D eigenvalue weighted by Gasteiger charge is -2.23. The van der Waals surface area contributed by atoms with Gasteiger partial charge in [-0.2, -0.15) is 0 Å². The topological polar surface area (TPSA) is 24.4 Å². The van der Waals surface area contributed by atoms with E-state index >= 15 is 0 Å². The first-order valence-corrected chi connectivity index (χ1v) is 7.56. The molecule has 1 N–H and O–H groups in total. The highest BCUT2D eigenvalue weighted by Crippen LogP contribution is 2.31. The third-order valence-electron chi connectivity index (χ3n) is 3.16. The summed E-state index contributed by atoms with van der Waals surface area (Å²) in [6, 6.07) is 9.00. The van der Waals surface area contributed by atoms with Crippen molar-refractivity contribution < 1.29 is 0 Å².